The van der Waals surface area contributed by atoms with E-state index >= 15 is 0 Å². The number of hydrogen-bond acceptors (Lipinski definition) is 2. The fraction of sp³-hybridized carbons (Fsp3) is 0.294. The van der Waals surface area contributed by atoms with Crippen molar-refractivity contribution >= 4 is 0 Å². The summed E-state index contributed by atoms with van der Waals surface area (Å²) in [5.74, 6) is -0.0383. The molecule has 0 saturated heterocycles. The molecule has 1 atom stereocenters. The van der Waals surface area contributed by atoms with Crippen LogP contribution >= 0.6 is 0 Å². The third-order valence-electron chi connectivity index (χ3n) is 3.30. The van der Waals surface area contributed by atoms with Crippen LogP contribution in [-0.4, -0.2) is 6.61 Å². The van der Waals surface area contributed by atoms with Crippen LogP contribution in [0.15, 0.2) is 42.5 Å². The Bertz CT molecular complexity index is 601. The Labute approximate surface area is 123 Å². The van der Waals surface area contributed by atoms with Crippen LogP contribution in [0.25, 0.3) is 0 Å². The highest BCUT2D eigenvalue weighted by atomic mass is 19.1. The van der Waals surface area contributed by atoms with Gasteiger partial charge in [0.25, 0.3) is 0 Å². The number of halogens is 2. The van der Waals surface area contributed by atoms with E-state index in [1.54, 1.807) is 6.92 Å². The molecule has 0 aliphatic carbocycles. The summed E-state index contributed by atoms with van der Waals surface area (Å²) in [5, 5.41) is 3.20. The summed E-state index contributed by atoms with van der Waals surface area (Å²) in [6.45, 7) is 4.84. The van der Waals surface area contributed by atoms with Gasteiger partial charge >= 0.3 is 0 Å². The van der Waals surface area contributed by atoms with Gasteiger partial charge in [0.2, 0.25) is 0 Å². The minimum atomic E-state index is -0.435. The first-order valence-electron chi connectivity index (χ1n) is 7.01. The molecule has 0 amide bonds. The zero-order chi connectivity index (χ0) is 15.2. The van der Waals surface area contributed by atoms with E-state index in [0.717, 1.165) is 23.4 Å². The van der Waals surface area contributed by atoms with Gasteiger partial charge < -0.3 is 10.1 Å². The molecule has 2 aromatic carbocycles. The van der Waals surface area contributed by atoms with Crippen LogP contribution in [0.3, 0.4) is 0 Å². The van der Waals surface area contributed by atoms with Crippen molar-refractivity contribution in [1.82, 2.24) is 5.32 Å². The number of benzene rings is 2. The van der Waals surface area contributed by atoms with Crippen molar-refractivity contribution in [3.8, 4) is 5.75 Å². The Morgan fingerprint density at radius 3 is 2.67 bits per heavy atom. The fourth-order valence-electron chi connectivity index (χ4n) is 2.17. The Balaban J connectivity index is 2.07. The third kappa shape index (κ3) is 4.02. The molecule has 112 valence electrons. The van der Waals surface area contributed by atoms with E-state index in [1.807, 2.05) is 31.2 Å². The standard InChI is InChI=1S/C17H19F2NO/c1-3-21-17-7-5-4-6-13(17)11-20-12(2)15-10-14(18)8-9-16(15)19/h4-10,12,20H,3,11H2,1-2H3. The molecule has 0 bridgehead atoms. The van der Waals surface area contributed by atoms with Gasteiger partial charge in [0.1, 0.15) is 17.4 Å². The molecule has 0 aliphatic rings. The normalized spacial score (nSPS) is 12.2. The summed E-state index contributed by atoms with van der Waals surface area (Å²) in [6.07, 6.45) is 0. The van der Waals surface area contributed by atoms with E-state index in [1.165, 1.54) is 6.07 Å². The summed E-state index contributed by atoms with van der Waals surface area (Å²) >= 11 is 0. The SMILES string of the molecule is CCOc1ccccc1CNC(C)c1cc(F)ccc1F. The number of hydrogen-bond donors (Lipinski definition) is 1. The van der Waals surface area contributed by atoms with E-state index in [-0.39, 0.29) is 6.04 Å². The highest BCUT2D eigenvalue weighted by Gasteiger charge is 2.12. The van der Waals surface area contributed by atoms with Crippen LogP contribution in [0, 0.1) is 11.6 Å². The second kappa shape index (κ2) is 7.18. The second-order valence-corrected chi connectivity index (χ2v) is 4.81. The lowest BCUT2D eigenvalue weighted by Gasteiger charge is -2.17. The monoisotopic (exact) mass is 291 g/mol. The maximum Gasteiger partial charge on any atom is 0.128 e. The fourth-order valence-corrected chi connectivity index (χ4v) is 2.17. The van der Waals surface area contributed by atoms with Gasteiger partial charge in [-0.2, -0.15) is 0 Å². The van der Waals surface area contributed by atoms with Crippen molar-refractivity contribution in [2.45, 2.75) is 26.4 Å². The summed E-state index contributed by atoms with van der Waals surface area (Å²) < 4.78 is 32.5. The maximum absolute atomic E-state index is 13.7. The molecule has 1 unspecified atom stereocenters. The van der Waals surface area contributed by atoms with Crippen molar-refractivity contribution < 1.29 is 13.5 Å². The first-order chi connectivity index (χ1) is 10.1. The van der Waals surface area contributed by atoms with Crippen molar-refractivity contribution in [3.63, 3.8) is 0 Å². The van der Waals surface area contributed by atoms with Crippen molar-refractivity contribution in [2.75, 3.05) is 6.61 Å². The molecular formula is C17H19F2NO. The third-order valence-corrected chi connectivity index (χ3v) is 3.30. The van der Waals surface area contributed by atoms with Gasteiger partial charge in [-0.15, -0.1) is 0 Å². The Kier molecular flexibility index (Phi) is 5.28. The average Bonchev–Trinajstić information content (AvgIpc) is 2.49. The van der Waals surface area contributed by atoms with Gasteiger partial charge in [-0.05, 0) is 38.1 Å². The van der Waals surface area contributed by atoms with E-state index in [0.29, 0.717) is 18.7 Å². The smallest absolute Gasteiger partial charge is 0.128 e. The molecule has 2 nitrogen and oxygen atoms in total. The van der Waals surface area contributed by atoms with Gasteiger partial charge in [-0.1, -0.05) is 18.2 Å². The first kappa shape index (κ1) is 15.4. The van der Waals surface area contributed by atoms with Crippen molar-refractivity contribution in [2.24, 2.45) is 0 Å². The molecule has 2 aromatic rings. The molecule has 0 heterocycles. The van der Waals surface area contributed by atoms with E-state index in [9.17, 15) is 8.78 Å². The number of nitrogens with one attached hydrogen (secondary N) is 1. The summed E-state index contributed by atoms with van der Waals surface area (Å²) in [6, 6.07) is 10.9. The molecule has 0 saturated carbocycles. The Hall–Kier alpha value is -1.94. The van der Waals surface area contributed by atoms with Crippen LogP contribution in [-0.2, 0) is 6.54 Å². The predicted octanol–water partition coefficient (Wildman–Crippen LogP) is 4.21. The first-order valence-corrected chi connectivity index (χ1v) is 7.01. The summed E-state index contributed by atoms with van der Waals surface area (Å²) in [7, 11) is 0. The molecule has 21 heavy (non-hydrogen) atoms. The average molecular weight is 291 g/mol. The molecule has 0 spiro atoms. The highest BCUT2D eigenvalue weighted by Crippen LogP contribution is 2.21. The second-order valence-electron chi connectivity index (χ2n) is 4.81. The predicted molar refractivity (Wildman–Crippen MR) is 79.2 cm³/mol. The Morgan fingerprint density at radius 2 is 1.90 bits per heavy atom. The minimum absolute atomic E-state index is 0.296. The molecular weight excluding hydrogens is 272 g/mol. The van der Waals surface area contributed by atoms with Gasteiger partial charge in [-0.3, -0.25) is 0 Å². The molecule has 0 aromatic heterocycles. The lowest BCUT2D eigenvalue weighted by molar-refractivity contribution is 0.334. The minimum Gasteiger partial charge on any atom is -0.494 e. The Morgan fingerprint density at radius 1 is 1.14 bits per heavy atom. The van der Waals surface area contributed by atoms with Gasteiger partial charge in [0, 0.05) is 23.7 Å². The number of ether oxygens (including phenoxy) is 1. The van der Waals surface area contributed by atoms with Crippen LogP contribution in [0.4, 0.5) is 8.78 Å². The van der Waals surface area contributed by atoms with E-state index in [4.69, 9.17) is 4.74 Å². The molecule has 0 fully saturated rings. The zero-order valence-corrected chi connectivity index (χ0v) is 12.2. The highest BCUT2D eigenvalue weighted by molar-refractivity contribution is 5.33. The van der Waals surface area contributed by atoms with Crippen molar-refractivity contribution in [1.29, 1.82) is 0 Å². The van der Waals surface area contributed by atoms with Crippen LogP contribution in [0.5, 0.6) is 5.75 Å². The van der Waals surface area contributed by atoms with Crippen molar-refractivity contribution in [3.05, 3.63) is 65.2 Å². The van der Waals surface area contributed by atoms with Crippen LogP contribution < -0.4 is 10.1 Å². The topological polar surface area (TPSA) is 21.3 Å². The molecule has 1 N–H and O–H groups in total. The van der Waals surface area contributed by atoms with Gasteiger partial charge in [0.15, 0.2) is 0 Å². The largest absolute Gasteiger partial charge is 0.494 e. The molecule has 4 heteroatoms. The summed E-state index contributed by atoms with van der Waals surface area (Å²) in [5.41, 5.74) is 1.31. The lowest BCUT2D eigenvalue weighted by Crippen LogP contribution is -2.19. The number of rotatable bonds is 6. The quantitative estimate of drug-likeness (QED) is 0.860. The number of para-hydroxylation sites is 1. The molecule has 0 radical (unpaired) electrons. The van der Waals surface area contributed by atoms with Crippen LogP contribution in [0.1, 0.15) is 31.0 Å². The molecule has 0 aliphatic heterocycles. The maximum atomic E-state index is 13.7. The van der Waals surface area contributed by atoms with E-state index < -0.39 is 11.6 Å². The van der Waals surface area contributed by atoms with Crippen LogP contribution in [0.2, 0.25) is 0 Å². The van der Waals surface area contributed by atoms with Gasteiger partial charge in [-0.25, -0.2) is 8.78 Å². The summed E-state index contributed by atoms with van der Waals surface area (Å²) in [4.78, 5) is 0. The zero-order valence-electron chi connectivity index (χ0n) is 12.2. The van der Waals surface area contributed by atoms with E-state index in [2.05, 4.69) is 5.32 Å². The van der Waals surface area contributed by atoms with Gasteiger partial charge in [0.05, 0.1) is 6.61 Å². The molecule has 2 rings (SSSR count). The lowest BCUT2D eigenvalue weighted by atomic mass is 10.1.